The number of carbonyl (C=O) groups is 1. The lowest BCUT2D eigenvalue weighted by Gasteiger charge is -2.30. The zero-order valence-corrected chi connectivity index (χ0v) is 16.1. The van der Waals surface area contributed by atoms with E-state index in [0.29, 0.717) is 34.8 Å². The maximum Gasteiger partial charge on any atom is 0.252 e. The first kappa shape index (κ1) is 18.6. The Morgan fingerprint density at radius 2 is 2.15 bits per heavy atom. The summed E-state index contributed by atoms with van der Waals surface area (Å²) in [5, 5.41) is 2.85. The third-order valence-corrected chi connectivity index (χ3v) is 7.69. The van der Waals surface area contributed by atoms with Crippen LogP contribution in [0.2, 0.25) is 0 Å². The summed E-state index contributed by atoms with van der Waals surface area (Å²) in [6, 6.07) is 10.5. The number of anilines is 1. The van der Waals surface area contributed by atoms with E-state index in [4.69, 9.17) is 6.42 Å². The standard InChI is InChI=1S/C19H20N2O3S2/c1-3-15-6-4-8-17(12-15)20-19(22)16-7-5-11-21(13-16)26(23,24)18-10-9-14(2)25-18/h1,4,6,8-10,12,16H,5,7,11,13H2,2H3,(H,20,22)/t16-/m0/s1. The summed E-state index contributed by atoms with van der Waals surface area (Å²) in [7, 11) is -3.55. The van der Waals surface area contributed by atoms with Crippen molar-refractivity contribution < 1.29 is 13.2 Å². The molecule has 1 amide bonds. The Balaban J connectivity index is 1.71. The molecule has 1 aromatic carbocycles. The number of amides is 1. The minimum atomic E-state index is -3.55. The molecule has 136 valence electrons. The third kappa shape index (κ3) is 3.98. The van der Waals surface area contributed by atoms with Gasteiger partial charge in [-0.2, -0.15) is 4.31 Å². The van der Waals surface area contributed by atoms with Crippen LogP contribution in [0.4, 0.5) is 5.69 Å². The van der Waals surface area contributed by atoms with Gasteiger partial charge in [-0.1, -0.05) is 12.0 Å². The first-order valence-electron chi connectivity index (χ1n) is 8.34. The normalized spacial score (nSPS) is 18.2. The van der Waals surface area contributed by atoms with E-state index in [1.54, 1.807) is 36.4 Å². The Kier molecular flexibility index (Phi) is 5.47. The van der Waals surface area contributed by atoms with Gasteiger partial charge in [0.15, 0.2) is 0 Å². The Labute approximate surface area is 158 Å². The van der Waals surface area contributed by atoms with Crippen LogP contribution in [-0.4, -0.2) is 31.7 Å². The molecule has 1 aromatic heterocycles. The molecule has 0 bridgehead atoms. The monoisotopic (exact) mass is 388 g/mol. The highest BCUT2D eigenvalue weighted by molar-refractivity contribution is 7.91. The number of sulfonamides is 1. The SMILES string of the molecule is C#Cc1cccc(NC(=O)[C@H]2CCCN(S(=O)(=O)c3ccc(C)s3)C2)c1. The van der Waals surface area contributed by atoms with Crippen molar-refractivity contribution in [3.05, 3.63) is 46.8 Å². The molecule has 1 aliphatic rings. The molecule has 7 heteroatoms. The number of aryl methyl sites for hydroxylation is 1. The highest BCUT2D eigenvalue weighted by Crippen LogP contribution is 2.28. The first-order chi connectivity index (χ1) is 12.4. The van der Waals surface area contributed by atoms with Crippen LogP contribution < -0.4 is 5.32 Å². The van der Waals surface area contributed by atoms with Crippen molar-refractivity contribution in [3.8, 4) is 12.3 Å². The van der Waals surface area contributed by atoms with Gasteiger partial charge >= 0.3 is 0 Å². The summed E-state index contributed by atoms with van der Waals surface area (Å²) < 4.78 is 27.3. The lowest BCUT2D eigenvalue weighted by molar-refractivity contribution is -0.120. The number of hydrogen-bond acceptors (Lipinski definition) is 4. The maximum atomic E-state index is 12.8. The average Bonchev–Trinajstić information content (AvgIpc) is 3.09. The van der Waals surface area contributed by atoms with Crippen LogP contribution in [0.25, 0.3) is 0 Å². The molecule has 1 fully saturated rings. The number of nitrogens with one attached hydrogen (secondary N) is 1. The van der Waals surface area contributed by atoms with Crippen LogP contribution in [0.15, 0.2) is 40.6 Å². The average molecular weight is 389 g/mol. The van der Waals surface area contributed by atoms with Crippen molar-refractivity contribution in [2.24, 2.45) is 5.92 Å². The molecule has 0 spiro atoms. The second-order valence-corrected chi connectivity index (χ2v) is 9.73. The molecule has 0 aliphatic carbocycles. The zero-order valence-electron chi connectivity index (χ0n) is 14.4. The summed E-state index contributed by atoms with van der Waals surface area (Å²) in [4.78, 5) is 13.5. The van der Waals surface area contributed by atoms with Gasteiger partial charge in [0.2, 0.25) is 5.91 Å². The zero-order chi connectivity index (χ0) is 18.7. The predicted octanol–water partition coefficient (Wildman–Crippen LogP) is 3.08. The van der Waals surface area contributed by atoms with Crippen molar-refractivity contribution in [2.75, 3.05) is 18.4 Å². The molecule has 2 aromatic rings. The first-order valence-corrected chi connectivity index (χ1v) is 10.6. The lowest BCUT2D eigenvalue weighted by atomic mass is 9.98. The second kappa shape index (κ2) is 7.62. The van der Waals surface area contributed by atoms with Crippen LogP contribution >= 0.6 is 11.3 Å². The highest BCUT2D eigenvalue weighted by Gasteiger charge is 2.34. The molecule has 0 saturated carbocycles. The summed E-state index contributed by atoms with van der Waals surface area (Å²) in [6.07, 6.45) is 6.70. The van der Waals surface area contributed by atoms with Gasteiger partial charge in [0.1, 0.15) is 4.21 Å². The summed E-state index contributed by atoms with van der Waals surface area (Å²) in [5.74, 6) is 1.97. The minimum Gasteiger partial charge on any atom is -0.326 e. The maximum absolute atomic E-state index is 12.8. The van der Waals surface area contributed by atoms with Gasteiger partial charge in [-0.05, 0) is 50.1 Å². The number of rotatable bonds is 4. The smallest absolute Gasteiger partial charge is 0.252 e. The third-order valence-electron chi connectivity index (χ3n) is 4.36. The molecule has 5 nitrogen and oxygen atoms in total. The highest BCUT2D eigenvalue weighted by atomic mass is 32.2. The van der Waals surface area contributed by atoms with E-state index in [9.17, 15) is 13.2 Å². The molecule has 1 N–H and O–H groups in total. The van der Waals surface area contributed by atoms with Crippen molar-refractivity contribution in [2.45, 2.75) is 24.0 Å². The second-order valence-electron chi connectivity index (χ2n) is 6.28. The molecular weight excluding hydrogens is 368 g/mol. The topological polar surface area (TPSA) is 66.5 Å². The summed E-state index contributed by atoms with van der Waals surface area (Å²) in [5.41, 5.74) is 1.31. The van der Waals surface area contributed by atoms with E-state index in [2.05, 4.69) is 11.2 Å². The van der Waals surface area contributed by atoms with Gasteiger partial charge in [0.05, 0.1) is 5.92 Å². The molecule has 3 rings (SSSR count). The van der Waals surface area contributed by atoms with E-state index in [1.165, 1.54) is 15.6 Å². The van der Waals surface area contributed by atoms with Gasteiger partial charge < -0.3 is 5.32 Å². The fourth-order valence-electron chi connectivity index (χ4n) is 2.98. The molecule has 1 saturated heterocycles. The largest absolute Gasteiger partial charge is 0.326 e. The number of piperidine rings is 1. The fraction of sp³-hybridized carbons (Fsp3) is 0.316. The Hall–Kier alpha value is -2.14. The Bertz CT molecular complexity index is 957. The van der Waals surface area contributed by atoms with Crippen molar-refractivity contribution in [3.63, 3.8) is 0 Å². The number of thiophene rings is 1. The number of terminal acetylenes is 1. The quantitative estimate of drug-likeness (QED) is 0.819. The minimum absolute atomic E-state index is 0.179. The van der Waals surface area contributed by atoms with Crippen LogP contribution in [0.1, 0.15) is 23.3 Å². The molecule has 0 unspecified atom stereocenters. The molecule has 2 heterocycles. The number of benzene rings is 1. The van der Waals surface area contributed by atoms with Crippen LogP contribution in [-0.2, 0) is 14.8 Å². The van der Waals surface area contributed by atoms with Gasteiger partial charge in [-0.25, -0.2) is 8.42 Å². The van der Waals surface area contributed by atoms with Crippen molar-refractivity contribution in [1.82, 2.24) is 4.31 Å². The summed E-state index contributed by atoms with van der Waals surface area (Å²) in [6.45, 7) is 2.51. The van der Waals surface area contributed by atoms with E-state index >= 15 is 0 Å². The molecule has 1 atom stereocenters. The van der Waals surface area contributed by atoms with Crippen LogP contribution in [0.3, 0.4) is 0 Å². The van der Waals surface area contributed by atoms with E-state index in [0.717, 1.165) is 4.88 Å². The fourth-order valence-corrected chi connectivity index (χ4v) is 5.95. The lowest BCUT2D eigenvalue weighted by Crippen LogP contribution is -2.43. The van der Waals surface area contributed by atoms with Gasteiger partial charge in [0.25, 0.3) is 10.0 Å². The van der Waals surface area contributed by atoms with Gasteiger partial charge in [-0.3, -0.25) is 4.79 Å². The van der Waals surface area contributed by atoms with E-state index < -0.39 is 10.0 Å². The Morgan fingerprint density at radius 1 is 1.35 bits per heavy atom. The molecular formula is C19H20N2O3S2. The van der Waals surface area contributed by atoms with Crippen LogP contribution in [0.5, 0.6) is 0 Å². The van der Waals surface area contributed by atoms with Crippen molar-refractivity contribution >= 4 is 33.0 Å². The van der Waals surface area contributed by atoms with Gasteiger partial charge in [0, 0.05) is 29.2 Å². The van der Waals surface area contributed by atoms with Crippen LogP contribution in [0, 0.1) is 25.2 Å². The molecule has 26 heavy (non-hydrogen) atoms. The summed E-state index contributed by atoms with van der Waals surface area (Å²) >= 11 is 1.26. The number of carbonyl (C=O) groups excluding carboxylic acids is 1. The number of nitrogens with zero attached hydrogens (tertiary/aromatic N) is 1. The Morgan fingerprint density at radius 3 is 2.85 bits per heavy atom. The van der Waals surface area contributed by atoms with E-state index in [-0.39, 0.29) is 18.4 Å². The number of hydrogen-bond donors (Lipinski definition) is 1. The van der Waals surface area contributed by atoms with Gasteiger partial charge in [-0.15, -0.1) is 17.8 Å². The molecule has 1 aliphatic heterocycles. The van der Waals surface area contributed by atoms with E-state index in [1.807, 2.05) is 6.92 Å². The predicted molar refractivity (Wildman–Crippen MR) is 104 cm³/mol. The van der Waals surface area contributed by atoms with Crippen molar-refractivity contribution in [1.29, 1.82) is 0 Å². The molecule has 0 radical (unpaired) electrons.